The molecule has 14 heavy (non-hydrogen) atoms. The minimum absolute atomic E-state index is 0.502. The normalized spacial score (nSPS) is 10.4. The van der Waals surface area contributed by atoms with Crippen LogP contribution >= 0.6 is 38.9 Å². The summed E-state index contributed by atoms with van der Waals surface area (Å²) in [5.41, 5.74) is 0.869. The molecule has 0 fully saturated rings. The molecule has 0 aliphatic heterocycles. The van der Waals surface area contributed by atoms with Crippen LogP contribution in [0.5, 0.6) is 0 Å². The van der Waals surface area contributed by atoms with E-state index >= 15 is 0 Å². The number of halogens is 2. The van der Waals surface area contributed by atoms with E-state index in [2.05, 4.69) is 25.9 Å². The van der Waals surface area contributed by atoms with Crippen molar-refractivity contribution in [2.45, 2.75) is 5.88 Å². The lowest BCUT2D eigenvalue weighted by molar-refractivity contribution is 1.27. The van der Waals surface area contributed by atoms with E-state index in [0.717, 1.165) is 20.1 Å². The first-order valence-corrected chi connectivity index (χ1v) is 6.07. The first-order valence-electron chi connectivity index (χ1n) is 3.93. The van der Waals surface area contributed by atoms with E-state index in [1.165, 1.54) is 0 Å². The highest BCUT2D eigenvalue weighted by atomic mass is 79.9. The summed E-state index contributed by atoms with van der Waals surface area (Å²) in [6, 6.07) is 3.83. The zero-order chi connectivity index (χ0) is 9.97. The monoisotopic (exact) mass is 288 g/mol. The molecule has 2 rings (SSSR count). The van der Waals surface area contributed by atoms with Crippen molar-refractivity contribution in [3.8, 4) is 10.7 Å². The molecular formula is C9H6BrClN2S. The fraction of sp³-hybridized carbons (Fsp3) is 0.111. The number of alkyl halides is 1. The highest BCUT2D eigenvalue weighted by Gasteiger charge is 2.08. The topological polar surface area (TPSA) is 25.8 Å². The van der Waals surface area contributed by atoms with Crippen LogP contribution in [0, 0.1) is 0 Å². The molecule has 0 spiro atoms. The van der Waals surface area contributed by atoms with E-state index in [4.69, 9.17) is 11.6 Å². The maximum atomic E-state index is 5.71. The first-order chi connectivity index (χ1) is 6.81. The lowest BCUT2D eigenvalue weighted by Gasteiger charge is -1.96. The largest absolute Gasteiger partial charge is 0.253 e. The summed E-state index contributed by atoms with van der Waals surface area (Å²) in [5.74, 6) is 0.502. The molecule has 0 saturated heterocycles. The molecule has 0 bridgehead atoms. The Morgan fingerprint density at radius 2 is 2.29 bits per heavy atom. The molecule has 72 valence electrons. The number of nitrogens with zero attached hydrogens (tertiary/aromatic N) is 2. The van der Waals surface area contributed by atoms with Crippen molar-refractivity contribution in [2.24, 2.45) is 0 Å². The van der Waals surface area contributed by atoms with Gasteiger partial charge in [0.2, 0.25) is 0 Å². The van der Waals surface area contributed by atoms with Gasteiger partial charge in [0.1, 0.15) is 10.7 Å². The number of aromatic nitrogens is 2. The second-order valence-corrected chi connectivity index (χ2v) is 4.84. The molecule has 0 N–H and O–H groups in total. The highest BCUT2D eigenvalue weighted by Crippen LogP contribution is 2.29. The van der Waals surface area contributed by atoms with Crippen LogP contribution in [0.3, 0.4) is 0 Å². The SMILES string of the molecule is ClCc1cnc(-c2ncccc2Br)s1. The molecular weight excluding hydrogens is 284 g/mol. The van der Waals surface area contributed by atoms with Crippen molar-refractivity contribution in [3.05, 3.63) is 33.9 Å². The van der Waals surface area contributed by atoms with Crippen LogP contribution in [0.1, 0.15) is 4.88 Å². The Labute approximate surface area is 99.1 Å². The van der Waals surface area contributed by atoms with Crippen molar-refractivity contribution in [2.75, 3.05) is 0 Å². The van der Waals surface area contributed by atoms with Gasteiger partial charge in [0.15, 0.2) is 0 Å². The Balaban J connectivity index is 2.44. The lowest BCUT2D eigenvalue weighted by Crippen LogP contribution is -1.81. The zero-order valence-electron chi connectivity index (χ0n) is 7.08. The molecule has 0 aliphatic rings. The molecule has 0 radical (unpaired) electrons. The Hall–Kier alpha value is -0.450. The Kier molecular flexibility index (Phi) is 3.15. The number of thiazole rings is 1. The molecule has 0 saturated carbocycles. The minimum atomic E-state index is 0.502. The molecule has 0 aliphatic carbocycles. The number of hydrogen-bond acceptors (Lipinski definition) is 3. The molecule has 2 heterocycles. The van der Waals surface area contributed by atoms with Crippen LogP contribution in [-0.4, -0.2) is 9.97 Å². The van der Waals surface area contributed by atoms with Crippen LogP contribution in [0.15, 0.2) is 29.0 Å². The van der Waals surface area contributed by atoms with Gasteiger partial charge in [0.05, 0.1) is 5.88 Å². The van der Waals surface area contributed by atoms with Crippen LogP contribution in [0.25, 0.3) is 10.7 Å². The maximum absolute atomic E-state index is 5.71. The predicted molar refractivity (Wildman–Crippen MR) is 62.6 cm³/mol. The number of hydrogen-bond donors (Lipinski definition) is 0. The van der Waals surface area contributed by atoms with Crippen molar-refractivity contribution >= 4 is 38.9 Å². The van der Waals surface area contributed by atoms with Gasteiger partial charge in [0, 0.05) is 21.7 Å². The molecule has 0 amide bonds. The fourth-order valence-electron chi connectivity index (χ4n) is 1.02. The van der Waals surface area contributed by atoms with Gasteiger partial charge in [-0.1, -0.05) is 0 Å². The minimum Gasteiger partial charge on any atom is -0.253 e. The molecule has 0 aromatic carbocycles. The van der Waals surface area contributed by atoms with E-state index in [-0.39, 0.29) is 0 Å². The standard InChI is InChI=1S/C9H6BrClN2S/c10-7-2-1-3-12-8(7)9-13-5-6(4-11)14-9/h1-3,5H,4H2. The first kappa shape index (κ1) is 10.1. The van der Waals surface area contributed by atoms with Crippen molar-refractivity contribution < 1.29 is 0 Å². The molecule has 2 nitrogen and oxygen atoms in total. The molecule has 0 unspecified atom stereocenters. The molecule has 5 heteroatoms. The van der Waals surface area contributed by atoms with Crippen LogP contribution in [0.2, 0.25) is 0 Å². The summed E-state index contributed by atoms with van der Waals surface area (Å²) >= 11 is 10.7. The average Bonchev–Trinajstić information content (AvgIpc) is 2.67. The van der Waals surface area contributed by atoms with Gasteiger partial charge in [-0.15, -0.1) is 22.9 Å². The highest BCUT2D eigenvalue weighted by molar-refractivity contribution is 9.10. The van der Waals surface area contributed by atoms with Crippen LogP contribution in [0.4, 0.5) is 0 Å². The van der Waals surface area contributed by atoms with Gasteiger partial charge in [-0.2, -0.15) is 0 Å². The van der Waals surface area contributed by atoms with Crippen molar-refractivity contribution in [1.82, 2.24) is 9.97 Å². The average molecular weight is 290 g/mol. The fourth-order valence-corrected chi connectivity index (χ4v) is 2.60. The molecule has 0 atom stereocenters. The van der Waals surface area contributed by atoms with Gasteiger partial charge in [0.25, 0.3) is 0 Å². The summed E-state index contributed by atoms with van der Waals surface area (Å²) in [6.45, 7) is 0. The summed E-state index contributed by atoms with van der Waals surface area (Å²) < 4.78 is 0.954. The second kappa shape index (κ2) is 4.38. The lowest BCUT2D eigenvalue weighted by atomic mass is 10.4. The number of rotatable bonds is 2. The van der Waals surface area contributed by atoms with Gasteiger partial charge >= 0.3 is 0 Å². The Morgan fingerprint density at radius 1 is 1.43 bits per heavy atom. The molecule has 2 aromatic rings. The summed E-state index contributed by atoms with van der Waals surface area (Å²) in [6.07, 6.45) is 3.54. The van der Waals surface area contributed by atoms with Gasteiger partial charge in [-0.3, -0.25) is 4.98 Å². The van der Waals surface area contributed by atoms with Gasteiger partial charge in [-0.25, -0.2) is 4.98 Å². The third kappa shape index (κ3) is 1.97. The van der Waals surface area contributed by atoms with E-state index in [0.29, 0.717) is 5.88 Å². The van der Waals surface area contributed by atoms with Crippen LogP contribution < -0.4 is 0 Å². The van der Waals surface area contributed by atoms with Gasteiger partial charge < -0.3 is 0 Å². The zero-order valence-corrected chi connectivity index (χ0v) is 10.2. The Morgan fingerprint density at radius 3 is 2.93 bits per heavy atom. The van der Waals surface area contributed by atoms with Gasteiger partial charge in [-0.05, 0) is 28.1 Å². The summed E-state index contributed by atoms with van der Waals surface area (Å²) in [5, 5.41) is 0.896. The van der Waals surface area contributed by atoms with E-state index < -0.39 is 0 Å². The third-order valence-corrected chi connectivity index (χ3v) is 3.74. The van der Waals surface area contributed by atoms with Crippen molar-refractivity contribution in [3.63, 3.8) is 0 Å². The van der Waals surface area contributed by atoms with E-state index in [1.807, 2.05) is 12.1 Å². The smallest absolute Gasteiger partial charge is 0.143 e. The quantitative estimate of drug-likeness (QED) is 0.788. The molecule has 2 aromatic heterocycles. The Bertz CT molecular complexity index is 444. The predicted octanol–water partition coefficient (Wildman–Crippen LogP) is 3.71. The van der Waals surface area contributed by atoms with E-state index in [9.17, 15) is 0 Å². The van der Waals surface area contributed by atoms with Crippen LogP contribution in [-0.2, 0) is 5.88 Å². The second-order valence-electron chi connectivity index (χ2n) is 2.60. The van der Waals surface area contributed by atoms with Crippen molar-refractivity contribution in [1.29, 1.82) is 0 Å². The maximum Gasteiger partial charge on any atom is 0.143 e. The number of pyridine rings is 1. The van der Waals surface area contributed by atoms with E-state index in [1.54, 1.807) is 23.7 Å². The third-order valence-electron chi connectivity index (χ3n) is 1.65. The summed E-state index contributed by atoms with van der Waals surface area (Å²) in [4.78, 5) is 9.57. The summed E-state index contributed by atoms with van der Waals surface area (Å²) in [7, 11) is 0.